The molecule has 2 aromatic heterocycles. The van der Waals surface area contributed by atoms with Crippen LogP contribution in [0.2, 0.25) is 0 Å². The Morgan fingerprint density at radius 1 is 0.968 bits per heavy atom. The summed E-state index contributed by atoms with van der Waals surface area (Å²) in [6.07, 6.45) is 1.47. The predicted octanol–water partition coefficient (Wildman–Crippen LogP) is 4.06. The second kappa shape index (κ2) is 8.50. The van der Waals surface area contributed by atoms with E-state index < -0.39 is 5.91 Å². The van der Waals surface area contributed by atoms with E-state index in [0.717, 1.165) is 22.5 Å². The number of carbonyl (C=O) groups is 1. The summed E-state index contributed by atoms with van der Waals surface area (Å²) in [7, 11) is 0. The minimum absolute atomic E-state index is 0.131. The molecule has 0 fully saturated rings. The maximum Gasteiger partial charge on any atom is 0.267 e. The van der Waals surface area contributed by atoms with E-state index in [1.165, 1.54) is 12.3 Å². The maximum atomic E-state index is 11.3. The van der Waals surface area contributed by atoms with Crippen LogP contribution in [-0.2, 0) is 0 Å². The Bertz CT molecular complexity index is 1260. The van der Waals surface area contributed by atoms with Crippen LogP contribution in [0.4, 0.5) is 17.5 Å². The number of ether oxygens (including phenoxy) is 1. The van der Waals surface area contributed by atoms with E-state index in [1.807, 2.05) is 49.4 Å². The number of carbonyl (C=O) groups excluding carboxylic acids is 1. The third-order valence-electron chi connectivity index (χ3n) is 4.49. The minimum atomic E-state index is -0.619. The van der Waals surface area contributed by atoms with Crippen molar-refractivity contribution in [1.29, 1.82) is 0 Å². The molecule has 0 aliphatic heterocycles. The molecule has 5 N–H and O–H groups in total. The van der Waals surface area contributed by atoms with Crippen LogP contribution in [0.25, 0.3) is 11.3 Å². The van der Waals surface area contributed by atoms with Gasteiger partial charge in [0, 0.05) is 35.6 Å². The zero-order chi connectivity index (χ0) is 21.8. The van der Waals surface area contributed by atoms with Gasteiger partial charge in [-0.15, -0.1) is 0 Å². The first-order valence-electron chi connectivity index (χ1n) is 9.49. The van der Waals surface area contributed by atoms with Gasteiger partial charge in [-0.05, 0) is 30.7 Å². The van der Waals surface area contributed by atoms with Crippen molar-refractivity contribution in [2.75, 3.05) is 11.1 Å². The van der Waals surface area contributed by atoms with Crippen molar-refractivity contribution >= 4 is 23.4 Å². The van der Waals surface area contributed by atoms with E-state index in [0.29, 0.717) is 17.3 Å². The van der Waals surface area contributed by atoms with Crippen molar-refractivity contribution in [3.8, 4) is 22.8 Å². The quantitative estimate of drug-likeness (QED) is 0.435. The van der Waals surface area contributed by atoms with Crippen molar-refractivity contribution in [2.24, 2.45) is 5.73 Å². The van der Waals surface area contributed by atoms with Crippen molar-refractivity contribution < 1.29 is 9.53 Å². The molecule has 8 heteroatoms. The van der Waals surface area contributed by atoms with Crippen LogP contribution >= 0.6 is 0 Å². The first kappa shape index (κ1) is 19.8. The Labute approximate surface area is 178 Å². The molecule has 0 spiro atoms. The molecule has 4 rings (SSSR count). The number of amides is 1. The average Bonchev–Trinajstić information content (AvgIpc) is 2.74. The normalized spacial score (nSPS) is 10.5. The molecule has 31 heavy (non-hydrogen) atoms. The molecule has 154 valence electrons. The lowest BCUT2D eigenvalue weighted by Crippen LogP contribution is -2.12. The fourth-order valence-corrected chi connectivity index (χ4v) is 3.06. The Hall–Kier alpha value is -4.46. The third kappa shape index (κ3) is 4.76. The fraction of sp³-hybridized carbons (Fsp3) is 0.0435. The molecule has 0 atom stereocenters. The van der Waals surface area contributed by atoms with Gasteiger partial charge in [0.15, 0.2) is 0 Å². The Morgan fingerprint density at radius 2 is 1.77 bits per heavy atom. The highest BCUT2D eigenvalue weighted by Crippen LogP contribution is 2.28. The monoisotopic (exact) mass is 412 g/mol. The summed E-state index contributed by atoms with van der Waals surface area (Å²) < 4.78 is 5.83. The number of hydrogen-bond acceptors (Lipinski definition) is 7. The molecule has 0 aliphatic carbocycles. The van der Waals surface area contributed by atoms with E-state index in [-0.39, 0.29) is 11.6 Å². The number of benzene rings is 2. The van der Waals surface area contributed by atoms with E-state index in [9.17, 15) is 4.79 Å². The van der Waals surface area contributed by atoms with Gasteiger partial charge in [0.05, 0.1) is 5.69 Å². The van der Waals surface area contributed by atoms with E-state index in [4.69, 9.17) is 16.2 Å². The van der Waals surface area contributed by atoms with Crippen LogP contribution in [0.15, 0.2) is 72.9 Å². The van der Waals surface area contributed by atoms with Crippen LogP contribution < -0.4 is 21.5 Å². The van der Waals surface area contributed by atoms with Crippen molar-refractivity contribution in [2.45, 2.75) is 6.92 Å². The number of aryl methyl sites for hydroxylation is 1. The average molecular weight is 412 g/mol. The number of primary amides is 1. The first-order chi connectivity index (χ1) is 15.0. The van der Waals surface area contributed by atoms with E-state index >= 15 is 0 Å². The fourth-order valence-electron chi connectivity index (χ4n) is 3.06. The molecule has 0 saturated heterocycles. The lowest BCUT2D eigenvalue weighted by atomic mass is 10.1. The summed E-state index contributed by atoms with van der Waals surface area (Å²) in [5, 5.41) is 3.23. The van der Waals surface area contributed by atoms with Crippen LogP contribution in [0, 0.1) is 6.92 Å². The largest absolute Gasteiger partial charge is 0.457 e. The van der Waals surface area contributed by atoms with Gasteiger partial charge in [0.25, 0.3) is 5.91 Å². The molecule has 0 unspecified atom stereocenters. The molecule has 0 bridgehead atoms. The Balaban J connectivity index is 1.58. The second-order valence-electron chi connectivity index (χ2n) is 6.81. The Kier molecular flexibility index (Phi) is 5.44. The Morgan fingerprint density at radius 3 is 2.58 bits per heavy atom. The van der Waals surface area contributed by atoms with E-state index in [1.54, 1.807) is 18.2 Å². The zero-order valence-corrected chi connectivity index (χ0v) is 16.7. The van der Waals surface area contributed by atoms with Gasteiger partial charge >= 0.3 is 0 Å². The smallest absolute Gasteiger partial charge is 0.267 e. The predicted molar refractivity (Wildman–Crippen MR) is 119 cm³/mol. The number of nitrogens with zero attached hydrogens (tertiary/aromatic N) is 3. The second-order valence-corrected chi connectivity index (χ2v) is 6.81. The van der Waals surface area contributed by atoms with Gasteiger partial charge in [0.2, 0.25) is 5.95 Å². The van der Waals surface area contributed by atoms with Crippen LogP contribution in [-0.4, -0.2) is 20.9 Å². The van der Waals surface area contributed by atoms with Gasteiger partial charge in [-0.2, -0.15) is 4.98 Å². The van der Waals surface area contributed by atoms with Crippen molar-refractivity contribution in [1.82, 2.24) is 15.0 Å². The summed E-state index contributed by atoms with van der Waals surface area (Å²) in [6.45, 7) is 2.02. The molecular formula is C23H20N6O2. The lowest BCUT2D eigenvalue weighted by Gasteiger charge is -2.11. The molecule has 0 aliphatic rings. The highest BCUT2D eigenvalue weighted by atomic mass is 16.5. The number of pyridine rings is 1. The number of anilines is 3. The molecule has 2 heterocycles. The number of rotatable bonds is 6. The SMILES string of the molecule is Cc1ccccc1-c1cc(Nc2cccc(Oc3ccnc(C(N)=O)c3)c2)nc(N)n1. The van der Waals surface area contributed by atoms with Gasteiger partial charge in [-0.25, -0.2) is 4.98 Å². The number of nitrogens with two attached hydrogens (primary N) is 2. The van der Waals surface area contributed by atoms with Crippen molar-refractivity contribution in [3.63, 3.8) is 0 Å². The number of nitrogen functional groups attached to an aromatic ring is 1. The highest BCUT2D eigenvalue weighted by molar-refractivity contribution is 5.91. The van der Waals surface area contributed by atoms with Gasteiger partial charge in [-0.1, -0.05) is 30.3 Å². The lowest BCUT2D eigenvalue weighted by molar-refractivity contribution is 0.0995. The number of nitrogens with one attached hydrogen (secondary N) is 1. The van der Waals surface area contributed by atoms with Gasteiger partial charge in [-0.3, -0.25) is 9.78 Å². The van der Waals surface area contributed by atoms with E-state index in [2.05, 4.69) is 20.3 Å². The molecule has 1 amide bonds. The highest BCUT2D eigenvalue weighted by Gasteiger charge is 2.09. The molecule has 4 aromatic rings. The number of hydrogen-bond donors (Lipinski definition) is 3. The van der Waals surface area contributed by atoms with Crippen LogP contribution in [0.3, 0.4) is 0 Å². The van der Waals surface area contributed by atoms with Gasteiger partial charge < -0.3 is 21.5 Å². The third-order valence-corrected chi connectivity index (χ3v) is 4.49. The standard InChI is InChI=1S/C23H20N6O2/c1-14-5-2-3-8-18(14)19-13-21(29-23(25)28-19)27-15-6-4-7-16(11-15)31-17-9-10-26-20(12-17)22(24)30/h2-13H,1H3,(H2,24,30)(H3,25,27,28,29). The summed E-state index contributed by atoms with van der Waals surface area (Å²) in [4.78, 5) is 23.9. The minimum Gasteiger partial charge on any atom is -0.457 e. The topological polar surface area (TPSA) is 129 Å². The van der Waals surface area contributed by atoms with Crippen LogP contribution in [0.1, 0.15) is 16.1 Å². The van der Waals surface area contributed by atoms with Crippen molar-refractivity contribution in [3.05, 3.63) is 84.2 Å². The molecule has 8 nitrogen and oxygen atoms in total. The maximum absolute atomic E-state index is 11.3. The first-order valence-corrected chi connectivity index (χ1v) is 9.49. The summed E-state index contributed by atoms with van der Waals surface area (Å²) in [5.74, 6) is 1.13. The molecular weight excluding hydrogens is 392 g/mol. The molecule has 0 saturated carbocycles. The molecule has 0 radical (unpaired) electrons. The summed E-state index contributed by atoms with van der Waals surface area (Å²) in [5.41, 5.74) is 14.9. The zero-order valence-electron chi connectivity index (χ0n) is 16.7. The van der Waals surface area contributed by atoms with Gasteiger partial charge in [0.1, 0.15) is 23.0 Å². The molecule has 2 aromatic carbocycles. The van der Waals surface area contributed by atoms with Crippen LogP contribution in [0.5, 0.6) is 11.5 Å². The summed E-state index contributed by atoms with van der Waals surface area (Å²) >= 11 is 0. The number of aromatic nitrogens is 3. The summed E-state index contributed by atoms with van der Waals surface area (Å²) in [6, 6.07) is 20.2.